The van der Waals surface area contributed by atoms with Crippen LogP contribution in [0.2, 0.25) is 0 Å². The molecule has 0 bridgehead atoms. The zero-order chi connectivity index (χ0) is 6.69. The summed E-state index contributed by atoms with van der Waals surface area (Å²) < 4.78 is 10.5. The summed E-state index contributed by atoms with van der Waals surface area (Å²) in [5.74, 6) is 0.626. The molecule has 1 aliphatic rings. The predicted octanol–water partition coefficient (Wildman–Crippen LogP) is 1.41. The third-order valence-electron chi connectivity index (χ3n) is 1.71. The van der Waals surface area contributed by atoms with E-state index in [2.05, 4.69) is 6.92 Å². The molecule has 0 radical (unpaired) electrons. The van der Waals surface area contributed by atoms with E-state index in [1.54, 1.807) is 0 Å². The van der Waals surface area contributed by atoms with Crippen LogP contribution in [0.25, 0.3) is 0 Å². The van der Waals surface area contributed by atoms with Crippen LogP contribution in [0, 0.1) is 5.92 Å². The first kappa shape index (κ1) is 7.03. The molecular weight excluding hydrogens is 116 g/mol. The molecular formula is C7H14O2. The van der Waals surface area contributed by atoms with Crippen LogP contribution >= 0.6 is 0 Å². The Balaban J connectivity index is 2.18. The molecule has 0 N–H and O–H groups in total. The second kappa shape index (κ2) is 3.18. The van der Waals surface area contributed by atoms with Crippen molar-refractivity contribution in [2.45, 2.75) is 26.6 Å². The minimum atomic E-state index is 0.0211. The Kier molecular flexibility index (Phi) is 2.49. The van der Waals surface area contributed by atoms with Crippen molar-refractivity contribution in [3.63, 3.8) is 0 Å². The van der Waals surface area contributed by atoms with E-state index in [4.69, 9.17) is 9.47 Å². The van der Waals surface area contributed by atoms with Gasteiger partial charge in [0.15, 0.2) is 6.29 Å². The maximum Gasteiger partial charge on any atom is 0.154 e. The van der Waals surface area contributed by atoms with Gasteiger partial charge in [-0.3, -0.25) is 0 Å². The molecule has 0 saturated carbocycles. The molecule has 0 amide bonds. The van der Waals surface area contributed by atoms with E-state index in [1.807, 2.05) is 6.92 Å². The third-order valence-corrected chi connectivity index (χ3v) is 1.71. The molecule has 1 rings (SSSR count). The van der Waals surface area contributed by atoms with Gasteiger partial charge in [0, 0.05) is 5.92 Å². The van der Waals surface area contributed by atoms with Crippen molar-refractivity contribution >= 4 is 0 Å². The van der Waals surface area contributed by atoms with Gasteiger partial charge in [-0.05, 0) is 13.3 Å². The Morgan fingerprint density at radius 3 is 2.33 bits per heavy atom. The summed E-state index contributed by atoms with van der Waals surface area (Å²) in [4.78, 5) is 0. The van der Waals surface area contributed by atoms with E-state index < -0.39 is 0 Å². The Labute approximate surface area is 56.2 Å². The maximum atomic E-state index is 5.26. The first-order valence-electron chi connectivity index (χ1n) is 3.56. The fourth-order valence-corrected chi connectivity index (χ4v) is 0.875. The van der Waals surface area contributed by atoms with Gasteiger partial charge >= 0.3 is 0 Å². The molecule has 9 heavy (non-hydrogen) atoms. The Morgan fingerprint density at radius 2 is 1.89 bits per heavy atom. The molecule has 1 saturated heterocycles. The van der Waals surface area contributed by atoms with Gasteiger partial charge < -0.3 is 9.47 Å². The SMILES string of the molecule is CCC1COC(C)OC1. The van der Waals surface area contributed by atoms with Crippen LogP contribution in [0.4, 0.5) is 0 Å². The summed E-state index contributed by atoms with van der Waals surface area (Å²) in [5.41, 5.74) is 0. The third kappa shape index (κ3) is 1.95. The monoisotopic (exact) mass is 130 g/mol. The van der Waals surface area contributed by atoms with E-state index >= 15 is 0 Å². The second-order valence-electron chi connectivity index (χ2n) is 2.51. The van der Waals surface area contributed by atoms with Crippen LogP contribution in [-0.2, 0) is 9.47 Å². The molecule has 1 aliphatic heterocycles. The van der Waals surface area contributed by atoms with E-state index in [9.17, 15) is 0 Å². The smallest absolute Gasteiger partial charge is 0.154 e. The molecule has 0 spiro atoms. The first-order valence-corrected chi connectivity index (χ1v) is 3.56. The average Bonchev–Trinajstić information content (AvgIpc) is 1.90. The van der Waals surface area contributed by atoms with Crippen molar-refractivity contribution in [1.82, 2.24) is 0 Å². The Morgan fingerprint density at radius 1 is 1.33 bits per heavy atom. The average molecular weight is 130 g/mol. The molecule has 2 heteroatoms. The van der Waals surface area contributed by atoms with Crippen molar-refractivity contribution in [3.8, 4) is 0 Å². The fourth-order valence-electron chi connectivity index (χ4n) is 0.875. The van der Waals surface area contributed by atoms with Crippen molar-refractivity contribution in [3.05, 3.63) is 0 Å². The number of rotatable bonds is 1. The highest BCUT2D eigenvalue weighted by Gasteiger charge is 2.16. The van der Waals surface area contributed by atoms with Gasteiger partial charge in [0.25, 0.3) is 0 Å². The summed E-state index contributed by atoms with van der Waals surface area (Å²) in [5, 5.41) is 0. The van der Waals surface area contributed by atoms with Gasteiger partial charge in [0.05, 0.1) is 13.2 Å². The highest BCUT2D eigenvalue weighted by Crippen LogP contribution is 2.12. The highest BCUT2D eigenvalue weighted by molar-refractivity contribution is 4.58. The molecule has 0 aromatic rings. The minimum absolute atomic E-state index is 0.0211. The van der Waals surface area contributed by atoms with Gasteiger partial charge in [0.1, 0.15) is 0 Å². The molecule has 1 heterocycles. The van der Waals surface area contributed by atoms with E-state index in [-0.39, 0.29) is 6.29 Å². The van der Waals surface area contributed by atoms with Crippen LogP contribution in [0.1, 0.15) is 20.3 Å². The zero-order valence-corrected chi connectivity index (χ0v) is 6.09. The lowest BCUT2D eigenvalue weighted by molar-refractivity contribution is -0.190. The topological polar surface area (TPSA) is 18.5 Å². The molecule has 0 atom stereocenters. The standard InChI is InChI=1S/C7H14O2/c1-3-7-4-8-6(2)9-5-7/h6-7H,3-5H2,1-2H3. The minimum Gasteiger partial charge on any atom is -0.353 e. The Hall–Kier alpha value is -0.0800. The highest BCUT2D eigenvalue weighted by atomic mass is 16.7. The molecule has 0 unspecified atom stereocenters. The van der Waals surface area contributed by atoms with Crippen molar-refractivity contribution in [1.29, 1.82) is 0 Å². The van der Waals surface area contributed by atoms with Crippen LogP contribution in [-0.4, -0.2) is 19.5 Å². The lowest BCUT2D eigenvalue weighted by Crippen LogP contribution is -2.29. The normalized spacial score (nSPS) is 36.7. The largest absolute Gasteiger partial charge is 0.353 e. The molecule has 54 valence electrons. The van der Waals surface area contributed by atoms with Gasteiger partial charge in [-0.2, -0.15) is 0 Å². The fraction of sp³-hybridized carbons (Fsp3) is 1.00. The van der Waals surface area contributed by atoms with E-state index in [1.165, 1.54) is 0 Å². The van der Waals surface area contributed by atoms with Gasteiger partial charge in [-0.25, -0.2) is 0 Å². The van der Waals surface area contributed by atoms with Gasteiger partial charge in [-0.15, -0.1) is 0 Å². The number of hydrogen-bond acceptors (Lipinski definition) is 2. The molecule has 2 nitrogen and oxygen atoms in total. The lowest BCUT2D eigenvalue weighted by Gasteiger charge is -2.26. The van der Waals surface area contributed by atoms with Crippen LogP contribution < -0.4 is 0 Å². The zero-order valence-electron chi connectivity index (χ0n) is 6.09. The quantitative estimate of drug-likeness (QED) is 0.534. The van der Waals surface area contributed by atoms with Gasteiger partial charge in [0.2, 0.25) is 0 Å². The van der Waals surface area contributed by atoms with Gasteiger partial charge in [-0.1, -0.05) is 6.92 Å². The van der Waals surface area contributed by atoms with E-state index in [0.717, 1.165) is 19.6 Å². The second-order valence-corrected chi connectivity index (χ2v) is 2.51. The first-order chi connectivity index (χ1) is 4.33. The van der Waals surface area contributed by atoms with Crippen molar-refractivity contribution in [2.75, 3.05) is 13.2 Å². The summed E-state index contributed by atoms with van der Waals surface area (Å²) >= 11 is 0. The lowest BCUT2D eigenvalue weighted by atomic mass is 10.1. The number of ether oxygens (including phenoxy) is 2. The number of hydrogen-bond donors (Lipinski definition) is 0. The summed E-state index contributed by atoms with van der Waals surface area (Å²) in [7, 11) is 0. The summed E-state index contributed by atoms with van der Waals surface area (Å²) in [6.07, 6.45) is 1.18. The van der Waals surface area contributed by atoms with Crippen LogP contribution in [0.15, 0.2) is 0 Å². The predicted molar refractivity (Wildman–Crippen MR) is 35.1 cm³/mol. The van der Waals surface area contributed by atoms with Crippen molar-refractivity contribution < 1.29 is 9.47 Å². The van der Waals surface area contributed by atoms with E-state index in [0.29, 0.717) is 5.92 Å². The van der Waals surface area contributed by atoms with Crippen LogP contribution in [0.3, 0.4) is 0 Å². The molecule has 1 fully saturated rings. The Bertz CT molecular complexity index is 75.0. The summed E-state index contributed by atoms with van der Waals surface area (Å²) in [6.45, 7) is 5.84. The maximum absolute atomic E-state index is 5.26. The molecule has 0 aliphatic carbocycles. The molecule has 0 aromatic heterocycles. The summed E-state index contributed by atoms with van der Waals surface area (Å²) in [6, 6.07) is 0. The van der Waals surface area contributed by atoms with Crippen molar-refractivity contribution in [2.24, 2.45) is 5.92 Å². The molecule has 0 aromatic carbocycles. The van der Waals surface area contributed by atoms with Crippen LogP contribution in [0.5, 0.6) is 0 Å².